The summed E-state index contributed by atoms with van der Waals surface area (Å²) in [6, 6.07) is 10.6. The molecule has 0 radical (unpaired) electrons. The molecule has 0 nitrogen and oxygen atoms in total. The van der Waals surface area contributed by atoms with E-state index in [9.17, 15) is 0 Å². The van der Waals surface area contributed by atoms with E-state index in [1.165, 1.54) is 27.9 Å². The van der Waals surface area contributed by atoms with Crippen molar-refractivity contribution in [2.75, 3.05) is 0 Å². The largest absolute Gasteiger partial charge is 0.0995 e. The molecule has 0 aromatic heterocycles. The van der Waals surface area contributed by atoms with Crippen LogP contribution >= 0.6 is 0 Å². The number of hydrogen-bond donors (Lipinski definition) is 0. The summed E-state index contributed by atoms with van der Waals surface area (Å²) in [6.07, 6.45) is 5.52. The predicted octanol–water partition coefficient (Wildman–Crippen LogP) is 6.17. The topological polar surface area (TPSA) is 0 Å². The lowest BCUT2D eigenvalue weighted by Gasteiger charge is -2.07. The van der Waals surface area contributed by atoms with Gasteiger partial charge in [-0.25, -0.2) is 0 Å². The first-order valence-corrected chi connectivity index (χ1v) is 7.02. The lowest BCUT2D eigenvalue weighted by molar-refractivity contribution is 0.916. The first kappa shape index (κ1) is 15.5. The Balaban J connectivity index is 2.46. The molecule has 0 bridgehead atoms. The number of allylic oxidation sites excluding steroid dienone is 5. The number of rotatable bonds is 6. The Hall–Kier alpha value is -1.56. The first-order chi connectivity index (χ1) is 9.00. The maximum Gasteiger partial charge on any atom is -0.0111 e. The minimum Gasteiger partial charge on any atom is -0.0995 e. The minimum atomic E-state index is 1.04. The molecule has 1 aromatic rings. The molecule has 0 heteroatoms. The van der Waals surface area contributed by atoms with E-state index in [4.69, 9.17) is 0 Å². The van der Waals surface area contributed by atoms with E-state index in [0.717, 1.165) is 19.3 Å². The highest BCUT2D eigenvalue weighted by Gasteiger charge is 1.98. The van der Waals surface area contributed by atoms with Gasteiger partial charge >= 0.3 is 0 Å². The molecular weight excluding hydrogens is 228 g/mol. The zero-order valence-corrected chi connectivity index (χ0v) is 12.8. The van der Waals surface area contributed by atoms with Gasteiger partial charge < -0.3 is 0 Å². The Labute approximate surface area is 118 Å². The summed E-state index contributed by atoms with van der Waals surface area (Å²) in [4.78, 5) is 0. The van der Waals surface area contributed by atoms with Gasteiger partial charge in [-0.3, -0.25) is 0 Å². The average Bonchev–Trinajstić information content (AvgIpc) is 2.39. The summed E-state index contributed by atoms with van der Waals surface area (Å²) in [5, 5.41) is 0. The van der Waals surface area contributed by atoms with E-state index < -0.39 is 0 Å². The van der Waals surface area contributed by atoms with Crippen molar-refractivity contribution in [3.05, 3.63) is 65.3 Å². The van der Waals surface area contributed by atoms with Crippen molar-refractivity contribution in [3.63, 3.8) is 0 Å². The molecule has 0 atom stereocenters. The summed E-state index contributed by atoms with van der Waals surface area (Å²) < 4.78 is 0. The molecule has 0 spiro atoms. The zero-order valence-electron chi connectivity index (χ0n) is 12.8. The molecule has 0 aliphatic rings. The summed E-state index contributed by atoms with van der Waals surface area (Å²) in [6.45, 7) is 12.9. The van der Waals surface area contributed by atoms with E-state index in [1.807, 2.05) is 0 Å². The van der Waals surface area contributed by atoms with Gasteiger partial charge in [-0.2, -0.15) is 0 Å². The highest BCUT2D eigenvalue weighted by atomic mass is 14.0. The molecule has 0 amide bonds. The summed E-state index contributed by atoms with van der Waals surface area (Å²) in [5.74, 6) is 0. The normalized spacial score (nSPS) is 11.3. The van der Waals surface area contributed by atoms with Crippen LogP contribution < -0.4 is 0 Å². The van der Waals surface area contributed by atoms with E-state index in [2.05, 4.69) is 70.7 Å². The van der Waals surface area contributed by atoms with Gasteiger partial charge in [-0.1, -0.05) is 59.7 Å². The van der Waals surface area contributed by atoms with Crippen molar-refractivity contribution in [1.29, 1.82) is 0 Å². The van der Waals surface area contributed by atoms with Crippen molar-refractivity contribution >= 4 is 5.57 Å². The van der Waals surface area contributed by atoms with Gasteiger partial charge in [0.25, 0.3) is 0 Å². The Morgan fingerprint density at radius 3 is 2.26 bits per heavy atom. The van der Waals surface area contributed by atoms with Crippen LogP contribution in [0.25, 0.3) is 5.57 Å². The second kappa shape index (κ2) is 7.78. The lowest BCUT2D eigenvalue weighted by atomic mass is 9.99. The van der Waals surface area contributed by atoms with E-state index >= 15 is 0 Å². The SMILES string of the molecule is C=C(CC/C=C(\C)c1ccccc1)CC(C)=C(C)C. The van der Waals surface area contributed by atoms with Crippen LogP contribution in [0.4, 0.5) is 0 Å². The molecule has 0 aliphatic carbocycles. The first-order valence-electron chi connectivity index (χ1n) is 7.02. The maximum absolute atomic E-state index is 4.18. The second-order valence-electron chi connectivity index (χ2n) is 5.50. The van der Waals surface area contributed by atoms with Crippen LogP contribution in [0.5, 0.6) is 0 Å². The minimum absolute atomic E-state index is 1.04. The standard InChI is InChI=1S/C19H26/c1-15(2)18(5)14-16(3)10-9-11-17(4)19-12-7-6-8-13-19/h6-8,11-13H,3,9-10,14H2,1-2,4-5H3/b17-11+. The van der Waals surface area contributed by atoms with Gasteiger partial charge in [0.1, 0.15) is 0 Å². The monoisotopic (exact) mass is 254 g/mol. The van der Waals surface area contributed by atoms with Crippen LogP contribution in [0, 0.1) is 0 Å². The lowest BCUT2D eigenvalue weighted by Crippen LogP contribution is -1.86. The van der Waals surface area contributed by atoms with E-state index in [-0.39, 0.29) is 0 Å². The molecule has 0 unspecified atom stereocenters. The summed E-state index contributed by atoms with van der Waals surface area (Å²) >= 11 is 0. The van der Waals surface area contributed by atoms with E-state index in [1.54, 1.807) is 0 Å². The Bertz CT molecular complexity index is 468. The van der Waals surface area contributed by atoms with Crippen LogP contribution in [-0.2, 0) is 0 Å². The molecule has 0 aliphatic heterocycles. The molecule has 0 N–H and O–H groups in total. The third-order valence-electron chi connectivity index (χ3n) is 3.55. The maximum atomic E-state index is 4.18. The van der Waals surface area contributed by atoms with Crippen LogP contribution in [0.2, 0.25) is 0 Å². The van der Waals surface area contributed by atoms with Gasteiger partial charge in [0, 0.05) is 0 Å². The fraction of sp³-hybridized carbons (Fsp3) is 0.368. The fourth-order valence-corrected chi connectivity index (χ4v) is 1.95. The van der Waals surface area contributed by atoms with Gasteiger partial charge in [-0.15, -0.1) is 0 Å². The average molecular weight is 254 g/mol. The van der Waals surface area contributed by atoms with Gasteiger partial charge in [0.05, 0.1) is 0 Å². The Morgan fingerprint density at radius 2 is 1.68 bits per heavy atom. The van der Waals surface area contributed by atoms with Crippen molar-refractivity contribution in [2.24, 2.45) is 0 Å². The van der Waals surface area contributed by atoms with Crippen molar-refractivity contribution in [3.8, 4) is 0 Å². The van der Waals surface area contributed by atoms with E-state index in [0.29, 0.717) is 0 Å². The van der Waals surface area contributed by atoms with Crippen LogP contribution in [0.1, 0.15) is 52.5 Å². The number of hydrogen-bond acceptors (Lipinski definition) is 0. The Morgan fingerprint density at radius 1 is 1.05 bits per heavy atom. The molecule has 19 heavy (non-hydrogen) atoms. The highest BCUT2D eigenvalue weighted by Crippen LogP contribution is 2.19. The molecule has 0 fully saturated rings. The molecule has 1 rings (SSSR count). The van der Waals surface area contributed by atoms with Crippen LogP contribution in [0.15, 0.2) is 59.7 Å². The summed E-state index contributed by atoms with van der Waals surface area (Å²) in [7, 11) is 0. The number of benzene rings is 1. The van der Waals surface area contributed by atoms with Crippen LogP contribution in [0.3, 0.4) is 0 Å². The molecule has 0 heterocycles. The van der Waals surface area contributed by atoms with Crippen molar-refractivity contribution in [1.82, 2.24) is 0 Å². The predicted molar refractivity (Wildman–Crippen MR) is 87.1 cm³/mol. The molecule has 0 saturated heterocycles. The Kier molecular flexibility index (Phi) is 6.35. The third-order valence-corrected chi connectivity index (χ3v) is 3.55. The third kappa shape index (κ3) is 5.74. The van der Waals surface area contributed by atoms with Gasteiger partial charge in [-0.05, 0) is 58.1 Å². The quantitative estimate of drug-likeness (QED) is 0.532. The van der Waals surface area contributed by atoms with Gasteiger partial charge in [0.15, 0.2) is 0 Å². The summed E-state index contributed by atoms with van der Waals surface area (Å²) in [5.41, 5.74) is 6.86. The van der Waals surface area contributed by atoms with Crippen molar-refractivity contribution < 1.29 is 0 Å². The molecular formula is C19H26. The van der Waals surface area contributed by atoms with Crippen LogP contribution in [-0.4, -0.2) is 0 Å². The van der Waals surface area contributed by atoms with Gasteiger partial charge in [0.2, 0.25) is 0 Å². The molecule has 0 saturated carbocycles. The smallest absolute Gasteiger partial charge is 0.0111 e. The fourth-order valence-electron chi connectivity index (χ4n) is 1.95. The highest BCUT2D eigenvalue weighted by molar-refractivity contribution is 5.63. The molecule has 1 aromatic carbocycles. The molecule has 102 valence electrons. The second-order valence-corrected chi connectivity index (χ2v) is 5.50. The van der Waals surface area contributed by atoms with Crippen molar-refractivity contribution in [2.45, 2.75) is 47.0 Å². The zero-order chi connectivity index (χ0) is 14.3.